The van der Waals surface area contributed by atoms with Crippen molar-refractivity contribution in [2.24, 2.45) is 4.99 Å². The first kappa shape index (κ1) is 16.1. The molecule has 0 aliphatic heterocycles. The van der Waals surface area contributed by atoms with Crippen molar-refractivity contribution in [3.05, 3.63) is 12.2 Å². The maximum atomic E-state index is 11.2. The Kier molecular flexibility index (Phi) is 6.70. The van der Waals surface area contributed by atoms with Crippen molar-refractivity contribution < 1.29 is 19.1 Å². The van der Waals surface area contributed by atoms with E-state index in [-0.39, 0.29) is 18.8 Å². The summed E-state index contributed by atoms with van der Waals surface area (Å²) in [6.45, 7) is 10.8. The van der Waals surface area contributed by atoms with E-state index < -0.39 is 12.0 Å². The zero-order chi connectivity index (χ0) is 14.2. The first-order valence-corrected chi connectivity index (χ1v) is 5.53. The highest BCUT2D eigenvalue weighted by Gasteiger charge is 2.08. The number of hydrogen-bond acceptors (Lipinski definition) is 4. The lowest BCUT2D eigenvalue weighted by atomic mass is 10.2. The standard InChI is InChI=1S/C12H20N2O4/c1-9(2)10(15)17-7-6-13-11(16)14-8-18-12(3,4)5/h8H,1,6-7H2,2-5H3,(H,13,16). The van der Waals surface area contributed by atoms with E-state index in [1.165, 1.54) is 0 Å². The normalized spacial score (nSPS) is 11.1. The maximum absolute atomic E-state index is 11.2. The van der Waals surface area contributed by atoms with Gasteiger partial charge in [0.2, 0.25) is 0 Å². The summed E-state index contributed by atoms with van der Waals surface area (Å²) >= 11 is 0. The lowest BCUT2D eigenvalue weighted by Gasteiger charge is -2.16. The second kappa shape index (κ2) is 7.47. The summed E-state index contributed by atoms with van der Waals surface area (Å²) in [4.78, 5) is 25.7. The number of ether oxygens (including phenoxy) is 2. The van der Waals surface area contributed by atoms with Crippen molar-refractivity contribution in [1.29, 1.82) is 0 Å². The summed E-state index contributed by atoms with van der Waals surface area (Å²) in [6.07, 6.45) is 1.09. The summed E-state index contributed by atoms with van der Waals surface area (Å²) in [5.74, 6) is -0.483. The van der Waals surface area contributed by atoms with Gasteiger partial charge in [-0.25, -0.2) is 9.59 Å². The quantitative estimate of drug-likeness (QED) is 0.267. The third-order valence-corrected chi connectivity index (χ3v) is 1.54. The van der Waals surface area contributed by atoms with Gasteiger partial charge in [-0.15, -0.1) is 0 Å². The number of urea groups is 1. The van der Waals surface area contributed by atoms with Gasteiger partial charge in [-0.1, -0.05) is 6.58 Å². The molecule has 0 atom stereocenters. The molecule has 0 aromatic carbocycles. The Hall–Kier alpha value is -1.85. The average molecular weight is 256 g/mol. The number of hydrogen-bond donors (Lipinski definition) is 1. The van der Waals surface area contributed by atoms with Crippen LogP contribution in [-0.2, 0) is 14.3 Å². The molecule has 0 unspecified atom stereocenters. The molecule has 0 spiro atoms. The van der Waals surface area contributed by atoms with Gasteiger partial charge in [0.1, 0.15) is 12.2 Å². The van der Waals surface area contributed by atoms with Crippen LogP contribution in [0.3, 0.4) is 0 Å². The van der Waals surface area contributed by atoms with E-state index in [4.69, 9.17) is 9.47 Å². The first-order valence-electron chi connectivity index (χ1n) is 5.53. The second-order valence-corrected chi connectivity index (χ2v) is 4.61. The van der Waals surface area contributed by atoms with E-state index in [1.807, 2.05) is 20.8 Å². The van der Waals surface area contributed by atoms with Crippen molar-refractivity contribution in [3.63, 3.8) is 0 Å². The molecule has 1 N–H and O–H groups in total. The average Bonchev–Trinajstić information content (AvgIpc) is 2.22. The maximum Gasteiger partial charge on any atom is 0.343 e. The van der Waals surface area contributed by atoms with Crippen LogP contribution >= 0.6 is 0 Å². The monoisotopic (exact) mass is 256 g/mol. The molecule has 0 saturated heterocycles. The molecule has 0 fully saturated rings. The second-order valence-electron chi connectivity index (χ2n) is 4.61. The van der Waals surface area contributed by atoms with Crippen LogP contribution in [0.4, 0.5) is 4.79 Å². The topological polar surface area (TPSA) is 77.0 Å². The largest absolute Gasteiger partial charge is 0.477 e. The molecule has 0 bridgehead atoms. The van der Waals surface area contributed by atoms with Gasteiger partial charge in [0, 0.05) is 5.57 Å². The molecule has 6 nitrogen and oxygen atoms in total. The van der Waals surface area contributed by atoms with Crippen LogP contribution in [-0.4, -0.2) is 37.2 Å². The Morgan fingerprint density at radius 3 is 2.50 bits per heavy atom. The predicted octanol–water partition coefficient (Wildman–Crippen LogP) is 1.66. The van der Waals surface area contributed by atoms with Gasteiger partial charge in [0.05, 0.1) is 6.54 Å². The Morgan fingerprint density at radius 2 is 2.00 bits per heavy atom. The smallest absolute Gasteiger partial charge is 0.343 e. The van der Waals surface area contributed by atoms with Gasteiger partial charge in [-0.2, -0.15) is 4.99 Å². The van der Waals surface area contributed by atoms with Crippen LogP contribution < -0.4 is 5.32 Å². The third kappa shape index (κ3) is 9.38. The molecule has 0 radical (unpaired) electrons. The molecule has 0 aliphatic rings. The van der Waals surface area contributed by atoms with E-state index in [2.05, 4.69) is 16.9 Å². The number of rotatable bonds is 5. The number of esters is 1. The lowest BCUT2D eigenvalue weighted by Crippen LogP contribution is -2.26. The molecule has 2 amide bonds. The number of amides is 2. The van der Waals surface area contributed by atoms with Gasteiger partial charge in [-0.3, -0.25) is 0 Å². The SMILES string of the molecule is C=C(C)C(=O)OCCNC(=O)N=COC(C)(C)C. The Labute approximate surface area is 107 Å². The van der Waals surface area contributed by atoms with E-state index in [9.17, 15) is 9.59 Å². The number of aliphatic imine (C=N–C) groups is 1. The molecule has 0 rings (SSSR count). The van der Waals surface area contributed by atoms with Gasteiger partial charge >= 0.3 is 12.0 Å². The van der Waals surface area contributed by atoms with Gasteiger partial charge in [-0.05, 0) is 27.7 Å². The van der Waals surface area contributed by atoms with Crippen molar-refractivity contribution in [3.8, 4) is 0 Å². The van der Waals surface area contributed by atoms with Crippen LogP contribution in [0.2, 0.25) is 0 Å². The molecule has 102 valence electrons. The highest BCUT2D eigenvalue weighted by molar-refractivity contribution is 5.87. The molecule has 0 aromatic heterocycles. The fourth-order valence-electron chi connectivity index (χ4n) is 0.703. The zero-order valence-corrected chi connectivity index (χ0v) is 11.3. The molecule has 0 saturated carbocycles. The highest BCUT2D eigenvalue weighted by Crippen LogP contribution is 2.03. The zero-order valence-electron chi connectivity index (χ0n) is 11.3. The predicted molar refractivity (Wildman–Crippen MR) is 68.5 cm³/mol. The van der Waals surface area contributed by atoms with Gasteiger partial charge in [0.15, 0.2) is 6.40 Å². The number of carbonyl (C=O) groups excluding carboxylic acids is 2. The van der Waals surface area contributed by atoms with Crippen molar-refractivity contribution in [2.45, 2.75) is 33.3 Å². The van der Waals surface area contributed by atoms with Crippen LogP contribution in [0.5, 0.6) is 0 Å². The Bertz CT molecular complexity index is 342. The van der Waals surface area contributed by atoms with E-state index >= 15 is 0 Å². The van der Waals surface area contributed by atoms with Gasteiger partial charge < -0.3 is 14.8 Å². The summed E-state index contributed by atoms with van der Waals surface area (Å²) in [5, 5.41) is 2.44. The van der Waals surface area contributed by atoms with E-state index in [0.717, 1.165) is 6.40 Å². The van der Waals surface area contributed by atoms with Crippen LogP contribution in [0.15, 0.2) is 17.1 Å². The number of nitrogens with zero attached hydrogens (tertiary/aromatic N) is 1. The molecule has 6 heteroatoms. The van der Waals surface area contributed by atoms with Crippen LogP contribution in [0, 0.1) is 0 Å². The molecule has 0 aromatic rings. The summed E-state index contributed by atoms with van der Waals surface area (Å²) < 4.78 is 9.90. The number of nitrogens with one attached hydrogen (secondary N) is 1. The fraction of sp³-hybridized carbons (Fsp3) is 0.583. The molecule has 18 heavy (non-hydrogen) atoms. The minimum absolute atomic E-state index is 0.0765. The minimum Gasteiger partial charge on any atom is -0.477 e. The van der Waals surface area contributed by atoms with E-state index in [0.29, 0.717) is 5.57 Å². The Morgan fingerprint density at radius 1 is 1.39 bits per heavy atom. The molecule has 0 aliphatic carbocycles. The highest BCUT2D eigenvalue weighted by atomic mass is 16.5. The summed E-state index contributed by atoms with van der Waals surface area (Å²) in [7, 11) is 0. The Balaban J connectivity index is 3.72. The third-order valence-electron chi connectivity index (χ3n) is 1.54. The van der Waals surface area contributed by atoms with Crippen molar-refractivity contribution >= 4 is 18.4 Å². The molecular formula is C12H20N2O4. The number of carbonyl (C=O) groups is 2. The fourth-order valence-corrected chi connectivity index (χ4v) is 0.703. The first-order chi connectivity index (χ1) is 8.22. The molecular weight excluding hydrogens is 236 g/mol. The van der Waals surface area contributed by atoms with E-state index in [1.54, 1.807) is 6.92 Å². The summed E-state index contributed by atoms with van der Waals surface area (Å²) in [6, 6.07) is -0.550. The van der Waals surface area contributed by atoms with Crippen LogP contribution in [0.25, 0.3) is 0 Å². The van der Waals surface area contributed by atoms with Crippen molar-refractivity contribution in [1.82, 2.24) is 5.32 Å². The van der Waals surface area contributed by atoms with Crippen molar-refractivity contribution in [2.75, 3.05) is 13.2 Å². The summed E-state index contributed by atoms with van der Waals surface area (Å²) in [5.41, 5.74) is -0.0706. The van der Waals surface area contributed by atoms with Gasteiger partial charge in [0.25, 0.3) is 0 Å². The lowest BCUT2D eigenvalue weighted by molar-refractivity contribution is -0.138. The van der Waals surface area contributed by atoms with Crippen LogP contribution in [0.1, 0.15) is 27.7 Å². The molecule has 0 heterocycles. The minimum atomic E-state index is -0.550.